The van der Waals surface area contributed by atoms with Crippen LogP contribution >= 0.6 is 0 Å². The monoisotopic (exact) mass is 543 g/mol. The van der Waals surface area contributed by atoms with Crippen molar-refractivity contribution < 1.29 is 28.2 Å². The number of nitrogens with zero attached hydrogens (tertiary/aromatic N) is 5. The highest BCUT2D eigenvalue weighted by Crippen LogP contribution is 2.28. The van der Waals surface area contributed by atoms with Crippen LogP contribution in [-0.2, 0) is 14.3 Å². The van der Waals surface area contributed by atoms with E-state index >= 15 is 0 Å². The molecule has 12 nitrogen and oxygen atoms in total. The molecule has 2 aromatic rings. The third kappa shape index (κ3) is 8.38. The second kappa shape index (κ2) is 13.9. The normalized spacial score (nSPS) is 16.9. The summed E-state index contributed by atoms with van der Waals surface area (Å²) in [7, 11) is 0. The summed E-state index contributed by atoms with van der Waals surface area (Å²) >= 11 is 0. The van der Waals surface area contributed by atoms with Gasteiger partial charge >= 0.3 is 6.16 Å². The molecule has 0 atom stereocenters. The summed E-state index contributed by atoms with van der Waals surface area (Å²) in [5.41, 5.74) is 0.906. The van der Waals surface area contributed by atoms with Crippen LogP contribution in [0.5, 0.6) is 5.88 Å². The Hall–Kier alpha value is -3.73. The van der Waals surface area contributed by atoms with Crippen LogP contribution in [0.4, 0.5) is 26.4 Å². The highest BCUT2D eigenvalue weighted by atomic mass is 19.1. The molecule has 3 heterocycles. The van der Waals surface area contributed by atoms with Crippen LogP contribution in [-0.4, -0.2) is 90.8 Å². The van der Waals surface area contributed by atoms with Crippen LogP contribution in [0.2, 0.25) is 0 Å². The fourth-order valence-corrected chi connectivity index (χ4v) is 4.21. The smallest absolute Gasteiger partial charge is 0.473 e. The lowest BCUT2D eigenvalue weighted by atomic mass is 10.1. The fraction of sp³-hybridized carbons (Fsp3) is 0.538. The molecule has 0 saturated carbocycles. The summed E-state index contributed by atoms with van der Waals surface area (Å²) in [4.78, 5) is 27.4. The van der Waals surface area contributed by atoms with Crippen LogP contribution in [0.1, 0.15) is 32.3 Å². The number of hydrogen-bond acceptors (Lipinski definition) is 12. The van der Waals surface area contributed by atoms with Crippen LogP contribution in [0.3, 0.4) is 0 Å². The third-order valence-electron chi connectivity index (χ3n) is 6.22. The van der Waals surface area contributed by atoms with Crippen molar-refractivity contribution >= 4 is 23.3 Å². The SMILES string of the molecule is CC(C)OC(=O)ON1CCC(Oc2ncnc(Nc3ccc(NCCN4CCOCC4)cc3F)c2C#N)CC1. The van der Waals surface area contributed by atoms with Gasteiger partial charge in [-0.15, -0.1) is 5.06 Å². The summed E-state index contributed by atoms with van der Waals surface area (Å²) in [6.07, 6.45) is 1.09. The van der Waals surface area contributed by atoms with Gasteiger partial charge in [0, 0.05) is 57.8 Å². The number of aromatic nitrogens is 2. The zero-order valence-corrected chi connectivity index (χ0v) is 22.2. The van der Waals surface area contributed by atoms with E-state index in [9.17, 15) is 14.4 Å². The van der Waals surface area contributed by atoms with E-state index in [4.69, 9.17) is 19.0 Å². The number of rotatable bonds is 10. The molecule has 1 aromatic carbocycles. The lowest BCUT2D eigenvalue weighted by molar-refractivity contribution is -0.151. The van der Waals surface area contributed by atoms with E-state index in [1.807, 2.05) is 0 Å². The Morgan fingerprint density at radius 2 is 2.00 bits per heavy atom. The average Bonchev–Trinajstić information content (AvgIpc) is 2.91. The second-order valence-electron chi connectivity index (χ2n) is 9.47. The van der Waals surface area contributed by atoms with Crippen molar-refractivity contribution in [3.8, 4) is 11.9 Å². The minimum atomic E-state index is -0.744. The largest absolute Gasteiger partial charge is 0.528 e. The van der Waals surface area contributed by atoms with Crippen LogP contribution in [0.15, 0.2) is 24.5 Å². The maximum absolute atomic E-state index is 14.9. The Bertz CT molecular complexity index is 1150. The number of anilines is 3. The summed E-state index contributed by atoms with van der Waals surface area (Å²) in [5.74, 6) is -0.235. The Balaban J connectivity index is 1.31. The number of ether oxygens (including phenoxy) is 3. The molecule has 0 bridgehead atoms. The van der Waals surface area contributed by atoms with Gasteiger partial charge in [0.25, 0.3) is 0 Å². The van der Waals surface area contributed by atoms with E-state index in [0.29, 0.717) is 38.2 Å². The van der Waals surface area contributed by atoms with E-state index in [0.717, 1.165) is 32.8 Å². The molecule has 2 aliphatic heterocycles. The number of nitrogens with one attached hydrogen (secondary N) is 2. The molecule has 4 rings (SSSR count). The first kappa shape index (κ1) is 28.3. The zero-order chi connectivity index (χ0) is 27.6. The third-order valence-corrected chi connectivity index (χ3v) is 6.22. The second-order valence-corrected chi connectivity index (χ2v) is 9.47. The number of halogens is 1. The molecule has 2 N–H and O–H groups in total. The number of hydrogen-bond donors (Lipinski definition) is 2. The standard InChI is InChI=1S/C26H34FN7O5/c1-18(2)37-26(35)39-34-8-5-20(6-9-34)38-25-21(16-28)24(30-17-31-25)32-23-4-3-19(15-22(23)27)29-7-10-33-11-13-36-14-12-33/h3-4,15,17-18,20,29H,5-14H2,1-2H3,(H,30,31,32). The predicted molar refractivity (Wildman–Crippen MR) is 140 cm³/mol. The molecule has 0 amide bonds. The molecular weight excluding hydrogens is 509 g/mol. The maximum Gasteiger partial charge on any atom is 0.528 e. The molecule has 2 saturated heterocycles. The van der Waals surface area contributed by atoms with Crippen molar-refractivity contribution in [2.24, 2.45) is 0 Å². The Morgan fingerprint density at radius 3 is 2.69 bits per heavy atom. The molecule has 210 valence electrons. The minimum Gasteiger partial charge on any atom is -0.473 e. The topological polar surface area (TPSA) is 134 Å². The Morgan fingerprint density at radius 1 is 1.23 bits per heavy atom. The molecule has 39 heavy (non-hydrogen) atoms. The van der Waals surface area contributed by atoms with E-state index < -0.39 is 12.0 Å². The van der Waals surface area contributed by atoms with Crippen molar-refractivity contribution in [1.82, 2.24) is 19.9 Å². The highest BCUT2D eigenvalue weighted by Gasteiger charge is 2.26. The molecule has 0 aliphatic carbocycles. The lowest BCUT2D eigenvalue weighted by Gasteiger charge is -2.30. The molecule has 1 aromatic heterocycles. The van der Waals surface area contributed by atoms with Gasteiger partial charge in [-0.2, -0.15) is 5.26 Å². The van der Waals surface area contributed by atoms with Gasteiger partial charge in [0.05, 0.1) is 25.0 Å². The van der Waals surface area contributed by atoms with Crippen molar-refractivity contribution in [3.63, 3.8) is 0 Å². The maximum atomic E-state index is 14.9. The number of piperidine rings is 1. The van der Waals surface area contributed by atoms with Crippen LogP contribution < -0.4 is 15.4 Å². The summed E-state index contributed by atoms with van der Waals surface area (Å²) in [6.45, 7) is 9.16. The van der Waals surface area contributed by atoms with Gasteiger partial charge in [0.1, 0.15) is 24.3 Å². The van der Waals surface area contributed by atoms with E-state index in [1.165, 1.54) is 17.5 Å². The van der Waals surface area contributed by atoms with Crippen LogP contribution in [0.25, 0.3) is 0 Å². The quantitative estimate of drug-likeness (QED) is 0.426. The zero-order valence-electron chi connectivity index (χ0n) is 22.2. The first-order valence-electron chi connectivity index (χ1n) is 13.1. The number of morpholine rings is 1. The molecule has 0 spiro atoms. The van der Waals surface area contributed by atoms with Gasteiger partial charge in [-0.1, -0.05) is 0 Å². The first-order valence-corrected chi connectivity index (χ1v) is 13.1. The number of carbonyl (C=O) groups is 1. The van der Waals surface area contributed by atoms with E-state index in [1.54, 1.807) is 26.0 Å². The molecule has 13 heteroatoms. The van der Waals surface area contributed by atoms with Gasteiger partial charge in [-0.25, -0.2) is 19.2 Å². The Kier molecular flexibility index (Phi) is 10.1. The highest BCUT2D eigenvalue weighted by molar-refractivity contribution is 5.67. The molecule has 0 unspecified atom stereocenters. The van der Waals surface area contributed by atoms with Crippen LogP contribution in [0, 0.1) is 17.1 Å². The molecule has 0 radical (unpaired) electrons. The van der Waals surface area contributed by atoms with Crippen molar-refractivity contribution in [2.75, 3.05) is 63.1 Å². The van der Waals surface area contributed by atoms with Crippen molar-refractivity contribution in [1.29, 1.82) is 5.26 Å². The van der Waals surface area contributed by atoms with E-state index in [2.05, 4.69) is 31.6 Å². The van der Waals surface area contributed by atoms with Crippen molar-refractivity contribution in [3.05, 3.63) is 35.9 Å². The van der Waals surface area contributed by atoms with Gasteiger partial charge in [0.15, 0.2) is 11.4 Å². The first-order chi connectivity index (χ1) is 18.9. The van der Waals surface area contributed by atoms with Crippen molar-refractivity contribution in [2.45, 2.75) is 38.9 Å². The fourth-order valence-electron chi connectivity index (χ4n) is 4.21. The summed E-state index contributed by atoms with van der Waals surface area (Å²) in [5, 5.41) is 17.4. The van der Waals surface area contributed by atoms with Gasteiger partial charge in [0.2, 0.25) is 5.88 Å². The Labute approximate surface area is 227 Å². The molecule has 2 aliphatic rings. The van der Waals surface area contributed by atoms with Gasteiger partial charge < -0.3 is 29.7 Å². The summed E-state index contributed by atoms with van der Waals surface area (Å²) in [6, 6.07) is 6.82. The lowest BCUT2D eigenvalue weighted by Crippen LogP contribution is -2.40. The minimum absolute atomic E-state index is 0.0730. The average molecular weight is 544 g/mol. The molecule has 2 fully saturated rings. The summed E-state index contributed by atoms with van der Waals surface area (Å²) < 4.78 is 31.2. The predicted octanol–water partition coefficient (Wildman–Crippen LogP) is 3.29. The molecular formula is C26H34FN7O5. The van der Waals surface area contributed by atoms with Gasteiger partial charge in [-0.05, 0) is 32.0 Å². The van der Waals surface area contributed by atoms with E-state index in [-0.39, 0.29) is 35.2 Å². The number of nitriles is 1. The number of carbonyl (C=O) groups excluding carboxylic acids is 1. The number of benzene rings is 1. The van der Waals surface area contributed by atoms with Gasteiger partial charge in [-0.3, -0.25) is 4.90 Å². The number of hydroxylamine groups is 2.